The maximum Gasteiger partial charge on any atom is 0.303 e. The Morgan fingerprint density at radius 3 is 1.64 bits per heavy atom. The standard InChI is InChI=1S/C18H32O2.C3H6O2/c1-2-3-4-5-6-7-8-9-10-11-12-13-14-15-16-17-18(19)20;1-2-3(4)5/h6-7,9-10H,2-5,8,11-17H2,1H3,(H,19,20);2H2,1H3,(H,4,5)/b7-6-,10-9-;. The second-order valence-electron chi connectivity index (χ2n) is 6.12. The molecule has 2 N–H and O–H groups in total. The van der Waals surface area contributed by atoms with Gasteiger partial charge in [-0.2, -0.15) is 0 Å². The molecule has 0 aromatic heterocycles. The molecule has 0 saturated heterocycles. The van der Waals surface area contributed by atoms with Crippen LogP contribution in [0.5, 0.6) is 0 Å². The topological polar surface area (TPSA) is 74.6 Å². The van der Waals surface area contributed by atoms with E-state index in [1.54, 1.807) is 6.92 Å². The van der Waals surface area contributed by atoms with E-state index < -0.39 is 11.9 Å². The number of allylic oxidation sites excluding steroid dienone is 4. The summed E-state index contributed by atoms with van der Waals surface area (Å²) in [6.45, 7) is 3.83. The van der Waals surface area contributed by atoms with E-state index in [0.717, 1.165) is 25.7 Å². The number of hydrogen-bond acceptors (Lipinski definition) is 2. The average Bonchev–Trinajstić information content (AvgIpc) is 2.58. The van der Waals surface area contributed by atoms with Gasteiger partial charge in [0.2, 0.25) is 0 Å². The zero-order valence-electron chi connectivity index (χ0n) is 16.2. The largest absolute Gasteiger partial charge is 0.481 e. The van der Waals surface area contributed by atoms with E-state index in [1.807, 2.05) is 0 Å². The van der Waals surface area contributed by atoms with Gasteiger partial charge in [0.15, 0.2) is 0 Å². The number of carboxylic acid groups (broad SMARTS) is 2. The molecular weight excluding hydrogens is 316 g/mol. The second kappa shape index (κ2) is 22.4. The van der Waals surface area contributed by atoms with E-state index >= 15 is 0 Å². The molecule has 0 heterocycles. The molecule has 4 heteroatoms. The van der Waals surface area contributed by atoms with Crippen molar-refractivity contribution in [3.8, 4) is 0 Å². The Morgan fingerprint density at radius 1 is 0.680 bits per heavy atom. The Kier molecular flexibility index (Phi) is 23.0. The van der Waals surface area contributed by atoms with Crippen molar-refractivity contribution in [3.63, 3.8) is 0 Å². The Labute approximate surface area is 154 Å². The molecule has 0 unspecified atom stereocenters. The molecule has 0 aliphatic rings. The predicted molar refractivity (Wildman–Crippen MR) is 105 cm³/mol. The minimum absolute atomic E-state index is 0.222. The first-order valence-corrected chi connectivity index (χ1v) is 9.78. The van der Waals surface area contributed by atoms with Crippen molar-refractivity contribution >= 4 is 11.9 Å². The van der Waals surface area contributed by atoms with Gasteiger partial charge in [-0.3, -0.25) is 9.59 Å². The summed E-state index contributed by atoms with van der Waals surface area (Å²) in [5.41, 5.74) is 0. The lowest BCUT2D eigenvalue weighted by atomic mass is 10.1. The molecule has 0 aliphatic heterocycles. The third kappa shape index (κ3) is 30.8. The molecule has 0 fully saturated rings. The summed E-state index contributed by atoms with van der Waals surface area (Å²) in [5.74, 6) is -1.42. The Bertz CT molecular complexity index is 359. The lowest BCUT2D eigenvalue weighted by Gasteiger charge is -1.98. The normalized spacial score (nSPS) is 10.8. The smallest absolute Gasteiger partial charge is 0.303 e. The van der Waals surface area contributed by atoms with Crippen LogP contribution in [0, 0.1) is 0 Å². The third-order valence-corrected chi connectivity index (χ3v) is 3.64. The van der Waals surface area contributed by atoms with Gasteiger partial charge in [0.25, 0.3) is 0 Å². The number of hydrogen-bond donors (Lipinski definition) is 2. The van der Waals surface area contributed by atoms with Crippen LogP contribution >= 0.6 is 0 Å². The maximum atomic E-state index is 10.3. The molecule has 0 aromatic carbocycles. The third-order valence-electron chi connectivity index (χ3n) is 3.64. The van der Waals surface area contributed by atoms with Crippen LogP contribution in [0.25, 0.3) is 0 Å². The van der Waals surface area contributed by atoms with Gasteiger partial charge >= 0.3 is 11.9 Å². The highest BCUT2D eigenvalue weighted by molar-refractivity contribution is 5.66. The van der Waals surface area contributed by atoms with Gasteiger partial charge in [-0.25, -0.2) is 0 Å². The molecule has 146 valence electrons. The highest BCUT2D eigenvalue weighted by Gasteiger charge is 1.95. The van der Waals surface area contributed by atoms with Crippen molar-refractivity contribution in [2.45, 2.75) is 97.3 Å². The highest BCUT2D eigenvalue weighted by atomic mass is 16.4. The molecule has 0 amide bonds. The first kappa shape index (κ1) is 25.7. The van der Waals surface area contributed by atoms with Gasteiger partial charge in [0.1, 0.15) is 0 Å². The molecule has 0 rings (SSSR count). The molecule has 0 saturated carbocycles. The first-order chi connectivity index (χ1) is 12.0. The molecule has 0 bridgehead atoms. The van der Waals surface area contributed by atoms with E-state index in [-0.39, 0.29) is 6.42 Å². The number of unbranched alkanes of at least 4 members (excludes halogenated alkanes) is 8. The lowest BCUT2D eigenvalue weighted by Crippen LogP contribution is -1.93. The van der Waals surface area contributed by atoms with Crippen LogP contribution in [-0.4, -0.2) is 22.2 Å². The van der Waals surface area contributed by atoms with Gasteiger partial charge < -0.3 is 10.2 Å². The van der Waals surface area contributed by atoms with Gasteiger partial charge in [-0.05, 0) is 38.5 Å². The Morgan fingerprint density at radius 2 is 1.16 bits per heavy atom. The van der Waals surface area contributed by atoms with Crippen LogP contribution in [0.15, 0.2) is 24.3 Å². The zero-order valence-corrected chi connectivity index (χ0v) is 16.2. The highest BCUT2D eigenvalue weighted by Crippen LogP contribution is 2.08. The van der Waals surface area contributed by atoms with Crippen LogP contribution in [-0.2, 0) is 9.59 Å². The minimum atomic E-state index is -0.745. The van der Waals surface area contributed by atoms with Gasteiger partial charge in [-0.15, -0.1) is 0 Å². The molecule has 0 radical (unpaired) electrons. The van der Waals surface area contributed by atoms with Gasteiger partial charge in [-0.1, -0.05) is 70.3 Å². The van der Waals surface area contributed by atoms with Crippen molar-refractivity contribution < 1.29 is 19.8 Å². The monoisotopic (exact) mass is 354 g/mol. The molecular formula is C21H38O4. The van der Waals surface area contributed by atoms with Crippen molar-refractivity contribution in [2.75, 3.05) is 0 Å². The maximum absolute atomic E-state index is 10.3. The summed E-state index contributed by atoms with van der Waals surface area (Å²) < 4.78 is 0. The summed E-state index contributed by atoms with van der Waals surface area (Å²) in [4.78, 5) is 19.7. The molecule has 25 heavy (non-hydrogen) atoms. The van der Waals surface area contributed by atoms with E-state index in [1.165, 1.54) is 44.9 Å². The first-order valence-electron chi connectivity index (χ1n) is 9.78. The fourth-order valence-corrected chi connectivity index (χ4v) is 2.09. The fraction of sp³-hybridized carbons (Fsp3) is 0.714. The quantitative estimate of drug-likeness (QED) is 0.265. The van der Waals surface area contributed by atoms with Gasteiger partial charge in [0.05, 0.1) is 0 Å². The van der Waals surface area contributed by atoms with E-state index in [9.17, 15) is 9.59 Å². The molecule has 4 nitrogen and oxygen atoms in total. The summed E-state index contributed by atoms with van der Waals surface area (Å²) in [6, 6.07) is 0. The average molecular weight is 355 g/mol. The Hall–Kier alpha value is -1.58. The summed E-state index contributed by atoms with van der Waals surface area (Å²) in [6.07, 6.45) is 22.5. The van der Waals surface area contributed by atoms with E-state index in [2.05, 4.69) is 31.2 Å². The minimum Gasteiger partial charge on any atom is -0.481 e. The van der Waals surface area contributed by atoms with Crippen LogP contribution in [0.1, 0.15) is 97.3 Å². The molecule has 0 spiro atoms. The lowest BCUT2D eigenvalue weighted by molar-refractivity contribution is -0.137. The van der Waals surface area contributed by atoms with Crippen molar-refractivity contribution in [1.29, 1.82) is 0 Å². The predicted octanol–water partition coefficient (Wildman–Crippen LogP) is 6.37. The van der Waals surface area contributed by atoms with Gasteiger partial charge in [0, 0.05) is 12.8 Å². The SMILES string of the molecule is CCC(=O)O.CCCCC/C=C\C/C=C\CCCCCCCC(=O)O. The molecule has 0 atom stereocenters. The summed E-state index contributed by atoms with van der Waals surface area (Å²) in [5, 5.41) is 16.2. The molecule has 0 aliphatic carbocycles. The summed E-state index contributed by atoms with van der Waals surface area (Å²) in [7, 11) is 0. The van der Waals surface area contributed by atoms with Crippen molar-refractivity contribution in [1.82, 2.24) is 0 Å². The fourth-order valence-electron chi connectivity index (χ4n) is 2.09. The Balaban J connectivity index is 0. The number of carboxylic acids is 2. The second-order valence-corrected chi connectivity index (χ2v) is 6.12. The van der Waals surface area contributed by atoms with E-state index in [4.69, 9.17) is 10.2 Å². The van der Waals surface area contributed by atoms with Crippen molar-refractivity contribution in [3.05, 3.63) is 24.3 Å². The number of rotatable bonds is 15. The zero-order chi connectivity index (χ0) is 19.2. The van der Waals surface area contributed by atoms with E-state index in [0.29, 0.717) is 6.42 Å². The van der Waals surface area contributed by atoms with Crippen molar-refractivity contribution in [2.24, 2.45) is 0 Å². The van der Waals surface area contributed by atoms with Crippen LogP contribution in [0.4, 0.5) is 0 Å². The van der Waals surface area contributed by atoms with Crippen LogP contribution in [0.3, 0.4) is 0 Å². The summed E-state index contributed by atoms with van der Waals surface area (Å²) >= 11 is 0. The molecule has 0 aromatic rings. The number of aliphatic carboxylic acids is 2. The van der Waals surface area contributed by atoms with Crippen LogP contribution in [0.2, 0.25) is 0 Å². The van der Waals surface area contributed by atoms with Crippen LogP contribution < -0.4 is 0 Å². The number of carbonyl (C=O) groups is 2.